The molecule has 0 aromatic heterocycles. The lowest BCUT2D eigenvalue weighted by atomic mass is 10.0. The number of benzene rings is 1. The van der Waals surface area contributed by atoms with Crippen LogP contribution in [0.5, 0.6) is 0 Å². The number of rotatable bonds is 1. The highest BCUT2D eigenvalue weighted by molar-refractivity contribution is 6.42. The predicted octanol–water partition coefficient (Wildman–Crippen LogP) is 3.67. The molecule has 1 amide bonds. The predicted molar refractivity (Wildman–Crippen MR) is 56.9 cm³/mol. The van der Waals surface area contributed by atoms with Gasteiger partial charge in [0.05, 0.1) is 16.6 Å². The second kappa shape index (κ2) is 4.00. The summed E-state index contributed by atoms with van der Waals surface area (Å²) < 4.78 is 0. The van der Waals surface area contributed by atoms with E-state index >= 15 is 0 Å². The number of hydrogen-bond acceptors (Lipinski definition) is 1. The maximum absolute atomic E-state index is 11.2. The quantitative estimate of drug-likeness (QED) is 0.672. The minimum atomic E-state index is -0.607. The van der Waals surface area contributed by atoms with Gasteiger partial charge < -0.3 is 4.79 Å². The van der Waals surface area contributed by atoms with Gasteiger partial charge in [-0.3, -0.25) is 0 Å². The molecule has 0 heterocycles. The molecule has 0 unspecified atom stereocenters. The lowest BCUT2D eigenvalue weighted by Crippen LogP contribution is -1.99. The highest BCUT2D eigenvalue weighted by Crippen LogP contribution is 2.30. The van der Waals surface area contributed by atoms with Crippen molar-refractivity contribution in [1.82, 2.24) is 0 Å². The number of amides is 1. The summed E-state index contributed by atoms with van der Waals surface area (Å²) in [6.07, 6.45) is 0. The first-order valence-electron chi connectivity index (χ1n) is 3.86. The van der Waals surface area contributed by atoms with Gasteiger partial charge in [0, 0.05) is 5.56 Å². The smallest absolute Gasteiger partial charge is 0.311 e. The molecule has 0 N–H and O–H groups in total. The molecule has 0 aliphatic heterocycles. The summed E-state index contributed by atoms with van der Waals surface area (Å²) in [4.78, 5) is 14.0. The van der Waals surface area contributed by atoms with Crippen LogP contribution in [0.4, 0.5) is 0 Å². The largest absolute Gasteiger partial charge is 0.386 e. The molecule has 0 aliphatic carbocycles. The van der Waals surface area contributed by atoms with E-state index in [1.165, 1.54) is 6.07 Å². The van der Waals surface area contributed by atoms with Crippen LogP contribution in [0.3, 0.4) is 0 Å². The minimum absolute atomic E-state index is 0.307. The topological polar surface area (TPSA) is 21.4 Å². The van der Waals surface area contributed by atoms with Crippen molar-refractivity contribution in [1.29, 1.82) is 0 Å². The van der Waals surface area contributed by atoms with Gasteiger partial charge in [0.1, 0.15) is 0 Å². The van der Waals surface area contributed by atoms with Gasteiger partial charge in [-0.15, -0.1) is 0 Å². The van der Waals surface area contributed by atoms with Crippen LogP contribution in [-0.2, 0) is 0 Å². The monoisotopic (exact) mass is 227 g/mol. The Kier molecular flexibility index (Phi) is 3.15. The highest BCUT2D eigenvalue weighted by Gasteiger charge is 2.14. The summed E-state index contributed by atoms with van der Waals surface area (Å²) in [6.45, 7) is 10.2. The molecule has 0 atom stereocenters. The number of hydrogen-bond donors (Lipinski definition) is 0. The van der Waals surface area contributed by atoms with E-state index < -0.39 is 5.91 Å². The fourth-order valence-electron chi connectivity index (χ4n) is 1.13. The summed E-state index contributed by atoms with van der Waals surface area (Å²) in [5, 5.41) is 0.743. The number of halogens is 2. The van der Waals surface area contributed by atoms with Gasteiger partial charge in [-0.05, 0) is 31.0 Å². The number of carbonyl (C=O) groups is 1. The molecule has 4 heteroatoms. The van der Waals surface area contributed by atoms with Gasteiger partial charge in [-0.1, -0.05) is 23.2 Å². The van der Waals surface area contributed by atoms with Crippen LogP contribution in [-0.4, -0.2) is 5.91 Å². The fourth-order valence-corrected chi connectivity index (χ4v) is 1.57. The lowest BCUT2D eigenvalue weighted by molar-refractivity contribution is 0.104. The fraction of sp³-hybridized carbons (Fsp3) is 0.200. The molecular formula is C10H7Cl2NO. The van der Waals surface area contributed by atoms with E-state index in [1.807, 2.05) is 0 Å². The Morgan fingerprint density at radius 3 is 2.43 bits per heavy atom. The Hall–Kier alpha value is -1.04. The molecule has 0 spiro atoms. The summed E-state index contributed by atoms with van der Waals surface area (Å²) in [6, 6.07) is 1.44. The Morgan fingerprint density at radius 2 is 1.93 bits per heavy atom. The van der Waals surface area contributed by atoms with Gasteiger partial charge in [-0.25, -0.2) is 0 Å². The summed E-state index contributed by atoms with van der Waals surface area (Å²) >= 11 is 11.7. The van der Waals surface area contributed by atoms with Crippen molar-refractivity contribution in [3.63, 3.8) is 0 Å². The molecule has 0 saturated carbocycles. The normalized spacial score (nSPS) is 9.64. The molecule has 14 heavy (non-hydrogen) atoms. The zero-order chi connectivity index (χ0) is 10.9. The first-order valence-corrected chi connectivity index (χ1v) is 4.61. The average molecular weight is 228 g/mol. The first kappa shape index (κ1) is 11.0. The van der Waals surface area contributed by atoms with Gasteiger partial charge >= 0.3 is 5.91 Å². The van der Waals surface area contributed by atoms with Crippen LogP contribution in [0.1, 0.15) is 21.5 Å². The molecule has 1 rings (SSSR count). The van der Waals surface area contributed by atoms with Crippen molar-refractivity contribution in [3.05, 3.63) is 44.2 Å². The van der Waals surface area contributed by atoms with E-state index in [9.17, 15) is 4.79 Å². The Morgan fingerprint density at radius 1 is 1.36 bits per heavy atom. The Balaban J connectivity index is 3.50. The third kappa shape index (κ3) is 1.75. The summed E-state index contributed by atoms with van der Waals surface area (Å²) in [7, 11) is 0. The van der Waals surface area contributed by atoms with Crippen molar-refractivity contribution in [2.75, 3.05) is 0 Å². The van der Waals surface area contributed by atoms with Crippen molar-refractivity contribution in [2.45, 2.75) is 13.8 Å². The number of nitrogens with zero attached hydrogens (tertiary/aromatic N) is 1. The second-order valence-corrected chi connectivity index (χ2v) is 3.67. The molecule has 0 aliphatic rings. The molecule has 0 fully saturated rings. The SMILES string of the molecule is [C-]#[N+]C(=O)c1cc(Cl)c(Cl)c(C)c1C. The number of carbonyl (C=O) groups excluding carboxylic acids is 1. The van der Waals surface area contributed by atoms with E-state index in [2.05, 4.69) is 4.85 Å². The zero-order valence-corrected chi connectivity index (χ0v) is 9.20. The van der Waals surface area contributed by atoms with E-state index in [-0.39, 0.29) is 0 Å². The van der Waals surface area contributed by atoms with Crippen LogP contribution in [0.15, 0.2) is 6.07 Å². The average Bonchev–Trinajstić information content (AvgIpc) is 2.19. The maximum Gasteiger partial charge on any atom is 0.386 e. The van der Waals surface area contributed by atoms with E-state index in [0.29, 0.717) is 21.2 Å². The Bertz CT molecular complexity index is 446. The van der Waals surface area contributed by atoms with Crippen LogP contribution in [0, 0.1) is 20.4 Å². The summed E-state index contributed by atoms with van der Waals surface area (Å²) in [5.74, 6) is -0.607. The van der Waals surface area contributed by atoms with Crippen LogP contribution in [0.25, 0.3) is 4.85 Å². The van der Waals surface area contributed by atoms with Crippen LogP contribution in [0.2, 0.25) is 10.0 Å². The molecule has 0 radical (unpaired) electrons. The molecule has 1 aromatic rings. The van der Waals surface area contributed by atoms with Crippen molar-refractivity contribution in [3.8, 4) is 0 Å². The first-order chi connectivity index (χ1) is 6.49. The van der Waals surface area contributed by atoms with Gasteiger partial charge in [0.2, 0.25) is 0 Å². The maximum atomic E-state index is 11.2. The molecular weight excluding hydrogens is 221 g/mol. The summed E-state index contributed by atoms with van der Waals surface area (Å²) in [5.41, 5.74) is 1.78. The highest BCUT2D eigenvalue weighted by atomic mass is 35.5. The van der Waals surface area contributed by atoms with E-state index in [4.69, 9.17) is 29.8 Å². The second-order valence-electron chi connectivity index (χ2n) is 2.89. The third-order valence-corrected chi connectivity index (χ3v) is 2.99. The van der Waals surface area contributed by atoms with Crippen molar-refractivity contribution >= 4 is 29.1 Å². The standard InChI is InChI=1S/C10H7Cl2NO/c1-5-6(2)9(12)8(11)4-7(5)10(14)13-3/h4H,1-2H3. The third-order valence-electron chi connectivity index (χ3n) is 2.11. The Labute approximate surface area is 92.3 Å². The van der Waals surface area contributed by atoms with Gasteiger partial charge in [0.15, 0.2) is 0 Å². The van der Waals surface area contributed by atoms with Gasteiger partial charge in [0.25, 0.3) is 0 Å². The van der Waals surface area contributed by atoms with E-state index in [1.54, 1.807) is 13.8 Å². The van der Waals surface area contributed by atoms with Crippen molar-refractivity contribution < 1.29 is 4.79 Å². The molecule has 2 nitrogen and oxygen atoms in total. The molecule has 0 bridgehead atoms. The minimum Gasteiger partial charge on any atom is -0.311 e. The van der Waals surface area contributed by atoms with Crippen LogP contribution < -0.4 is 0 Å². The molecule has 1 aromatic carbocycles. The van der Waals surface area contributed by atoms with E-state index in [0.717, 1.165) is 5.56 Å². The molecule has 0 saturated heterocycles. The van der Waals surface area contributed by atoms with Crippen LogP contribution >= 0.6 is 23.2 Å². The zero-order valence-electron chi connectivity index (χ0n) is 7.69. The lowest BCUT2D eigenvalue weighted by Gasteiger charge is -2.08. The van der Waals surface area contributed by atoms with Gasteiger partial charge in [-0.2, -0.15) is 4.85 Å². The molecule has 72 valence electrons. The van der Waals surface area contributed by atoms with Crippen molar-refractivity contribution in [2.24, 2.45) is 0 Å².